The van der Waals surface area contributed by atoms with Gasteiger partial charge in [-0.15, -0.1) is 0 Å². The Kier molecular flexibility index (Phi) is 5.19. The number of carbonyl (C=O) groups excluding carboxylic acids is 1. The van der Waals surface area contributed by atoms with Crippen LogP contribution in [0.2, 0.25) is 0 Å². The minimum atomic E-state index is -1.05. The predicted octanol–water partition coefficient (Wildman–Crippen LogP) is 1.32. The monoisotopic (exact) mass is 294 g/mol. The fraction of sp³-hybridized carbons (Fsp3) is 0.643. The molecule has 7 nitrogen and oxygen atoms in total. The number of aromatic carboxylic acids is 1. The number of amides is 2. The van der Waals surface area contributed by atoms with Gasteiger partial charge in [0, 0.05) is 25.8 Å². The van der Waals surface area contributed by atoms with Crippen LogP contribution in [0.5, 0.6) is 0 Å². The molecule has 21 heavy (non-hydrogen) atoms. The first-order valence-electron chi connectivity index (χ1n) is 7.33. The van der Waals surface area contributed by atoms with Crippen molar-refractivity contribution in [3.63, 3.8) is 0 Å². The lowest BCUT2D eigenvalue weighted by molar-refractivity contribution is 0.0691. The lowest BCUT2D eigenvalue weighted by Gasteiger charge is -2.16. The summed E-state index contributed by atoms with van der Waals surface area (Å²) in [5.74, 6) is 0.221. The van der Waals surface area contributed by atoms with E-state index in [1.165, 1.54) is 31.8 Å². The molecule has 0 aliphatic heterocycles. The van der Waals surface area contributed by atoms with Crippen LogP contribution in [0.1, 0.15) is 36.7 Å². The minimum absolute atomic E-state index is 0.00896. The van der Waals surface area contributed by atoms with Gasteiger partial charge in [0.15, 0.2) is 5.69 Å². The molecule has 1 saturated carbocycles. The van der Waals surface area contributed by atoms with Crippen molar-refractivity contribution in [2.24, 2.45) is 11.8 Å². The molecule has 2 unspecified atom stereocenters. The number of imidazole rings is 1. The molecule has 1 heterocycles. The Hall–Kier alpha value is -2.05. The van der Waals surface area contributed by atoms with Crippen LogP contribution in [0.25, 0.3) is 0 Å². The molecule has 0 radical (unpaired) electrons. The highest BCUT2D eigenvalue weighted by Gasteiger charge is 2.23. The molecule has 1 aliphatic rings. The Morgan fingerprint density at radius 1 is 1.43 bits per heavy atom. The van der Waals surface area contributed by atoms with E-state index in [1.807, 2.05) is 0 Å². The number of hydrogen-bond donors (Lipinski definition) is 3. The van der Waals surface area contributed by atoms with Crippen LogP contribution in [0.3, 0.4) is 0 Å². The van der Waals surface area contributed by atoms with Crippen LogP contribution in [-0.2, 0) is 6.54 Å². The Morgan fingerprint density at radius 3 is 2.86 bits per heavy atom. The molecule has 0 spiro atoms. The van der Waals surface area contributed by atoms with Crippen molar-refractivity contribution in [2.45, 2.75) is 32.7 Å². The summed E-state index contributed by atoms with van der Waals surface area (Å²) in [6, 6.07) is -0.173. The summed E-state index contributed by atoms with van der Waals surface area (Å²) in [5.41, 5.74) is 0.00896. The van der Waals surface area contributed by atoms with E-state index in [-0.39, 0.29) is 11.7 Å². The first kappa shape index (κ1) is 15.3. The molecule has 2 atom stereocenters. The summed E-state index contributed by atoms with van der Waals surface area (Å²) in [6.45, 7) is 3.88. The second-order valence-electron chi connectivity index (χ2n) is 5.61. The van der Waals surface area contributed by atoms with Crippen molar-refractivity contribution in [3.05, 3.63) is 18.2 Å². The van der Waals surface area contributed by atoms with E-state index in [9.17, 15) is 9.59 Å². The van der Waals surface area contributed by atoms with Crippen molar-refractivity contribution in [1.82, 2.24) is 20.2 Å². The normalized spacial score (nSPS) is 21.2. The van der Waals surface area contributed by atoms with E-state index in [1.54, 1.807) is 4.57 Å². The van der Waals surface area contributed by atoms with Crippen LogP contribution >= 0.6 is 0 Å². The first-order valence-corrected chi connectivity index (χ1v) is 7.33. The summed E-state index contributed by atoms with van der Waals surface area (Å²) in [4.78, 5) is 26.1. The summed E-state index contributed by atoms with van der Waals surface area (Å²) in [6.07, 6.45) is 6.59. The summed E-state index contributed by atoms with van der Waals surface area (Å²) in [5, 5.41) is 14.4. The quantitative estimate of drug-likeness (QED) is 0.737. The van der Waals surface area contributed by atoms with Crippen molar-refractivity contribution in [2.75, 3.05) is 13.1 Å². The van der Waals surface area contributed by atoms with E-state index in [2.05, 4.69) is 22.5 Å². The summed E-state index contributed by atoms with van der Waals surface area (Å²) in [7, 11) is 0. The number of carboxylic acids is 1. The Bertz CT molecular complexity index is 500. The lowest BCUT2D eigenvalue weighted by atomic mass is 9.98. The summed E-state index contributed by atoms with van der Waals surface area (Å²) >= 11 is 0. The molecular formula is C14H22N4O3. The zero-order valence-electron chi connectivity index (χ0n) is 12.2. The highest BCUT2D eigenvalue weighted by atomic mass is 16.4. The van der Waals surface area contributed by atoms with Gasteiger partial charge < -0.3 is 20.3 Å². The molecule has 0 bridgehead atoms. The molecule has 116 valence electrons. The zero-order valence-corrected chi connectivity index (χ0v) is 12.2. The van der Waals surface area contributed by atoms with Gasteiger partial charge in [-0.05, 0) is 18.3 Å². The Labute approximate surface area is 123 Å². The fourth-order valence-electron chi connectivity index (χ4n) is 2.70. The van der Waals surface area contributed by atoms with Crippen LogP contribution < -0.4 is 10.6 Å². The number of urea groups is 1. The number of carboxylic acid groups (broad SMARTS) is 1. The number of nitrogens with zero attached hydrogens (tertiary/aromatic N) is 2. The highest BCUT2D eigenvalue weighted by Crippen LogP contribution is 2.30. The van der Waals surface area contributed by atoms with Crippen LogP contribution in [0.15, 0.2) is 12.5 Å². The second-order valence-corrected chi connectivity index (χ2v) is 5.61. The van der Waals surface area contributed by atoms with E-state index < -0.39 is 5.97 Å². The van der Waals surface area contributed by atoms with Crippen LogP contribution in [0.4, 0.5) is 4.79 Å². The standard InChI is InChI=1S/C14H22N4O3/c1-10-3-2-4-11(10)7-16-14(21)15-5-6-18-8-12(13(19)20)17-9-18/h8-11H,2-7H2,1H3,(H,19,20)(H2,15,16,21). The number of rotatable bonds is 6. The molecule has 7 heteroatoms. The van der Waals surface area contributed by atoms with E-state index in [4.69, 9.17) is 5.11 Å². The maximum Gasteiger partial charge on any atom is 0.356 e. The predicted molar refractivity (Wildman–Crippen MR) is 77.1 cm³/mol. The molecule has 0 aromatic carbocycles. The van der Waals surface area contributed by atoms with Gasteiger partial charge in [-0.25, -0.2) is 14.6 Å². The van der Waals surface area contributed by atoms with E-state index in [0.717, 1.165) is 6.54 Å². The number of aromatic nitrogens is 2. The van der Waals surface area contributed by atoms with Gasteiger partial charge in [0.1, 0.15) is 0 Å². The maximum atomic E-state index is 11.7. The van der Waals surface area contributed by atoms with Gasteiger partial charge in [0.25, 0.3) is 0 Å². The molecule has 1 aliphatic carbocycles. The molecule has 3 N–H and O–H groups in total. The number of hydrogen-bond acceptors (Lipinski definition) is 3. The van der Waals surface area contributed by atoms with Crippen molar-refractivity contribution < 1.29 is 14.7 Å². The van der Waals surface area contributed by atoms with Gasteiger partial charge in [0.2, 0.25) is 0 Å². The maximum absolute atomic E-state index is 11.7. The van der Waals surface area contributed by atoms with Gasteiger partial charge in [-0.1, -0.05) is 19.8 Å². The Balaban J connectivity index is 1.63. The first-order chi connectivity index (χ1) is 10.1. The van der Waals surface area contributed by atoms with Crippen LogP contribution in [0, 0.1) is 11.8 Å². The third-order valence-electron chi connectivity index (χ3n) is 4.07. The zero-order chi connectivity index (χ0) is 15.2. The van der Waals surface area contributed by atoms with Gasteiger partial charge in [-0.2, -0.15) is 0 Å². The van der Waals surface area contributed by atoms with Crippen LogP contribution in [-0.4, -0.2) is 39.7 Å². The van der Waals surface area contributed by atoms with Crippen molar-refractivity contribution in [1.29, 1.82) is 0 Å². The molecule has 0 saturated heterocycles. The topological polar surface area (TPSA) is 96.3 Å². The third-order valence-corrected chi connectivity index (χ3v) is 4.07. The van der Waals surface area contributed by atoms with E-state index >= 15 is 0 Å². The average Bonchev–Trinajstić information content (AvgIpc) is 3.06. The van der Waals surface area contributed by atoms with Gasteiger partial charge >= 0.3 is 12.0 Å². The molecule has 2 amide bonds. The van der Waals surface area contributed by atoms with Crippen molar-refractivity contribution in [3.8, 4) is 0 Å². The number of nitrogens with one attached hydrogen (secondary N) is 2. The molecular weight excluding hydrogens is 272 g/mol. The fourth-order valence-corrected chi connectivity index (χ4v) is 2.70. The molecule has 1 aromatic heterocycles. The summed E-state index contributed by atoms with van der Waals surface area (Å²) < 4.78 is 1.64. The van der Waals surface area contributed by atoms with Crippen molar-refractivity contribution >= 4 is 12.0 Å². The molecule has 1 aromatic rings. The van der Waals surface area contributed by atoms with Gasteiger partial charge in [0.05, 0.1) is 6.33 Å². The third kappa shape index (κ3) is 4.47. The molecule has 2 rings (SSSR count). The largest absolute Gasteiger partial charge is 0.476 e. The highest BCUT2D eigenvalue weighted by molar-refractivity contribution is 5.84. The SMILES string of the molecule is CC1CCCC1CNC(=O)NCCn1cnc(C(=O)O)c1. The average molecular weight is 294 g/mol. The van der Waals surface area contributed by atoms with E-state index in [0.29, 0.717) is 24.9 Å². The second kappa shape index (κ2) is 7.10. The smallest absolute Gasteiger partial charge is 0.356 e. The minimum Gasteiger partial charge on any atom is -0.476 e. The number of carbonyl (C=O) groups is 2. The Morgan fingerprint density at radius 2 is 2.24 bits per heavy atom. The lowest BCUT2D eigenvalue weighted by Crippen LogP contribution is -2.39. The molecule has 1 fully saturated rings. The van der Waals surface area contributed by atoms with Gasteiger partial charge in [-0.3, -0.25) is 0 Å².